The van der Waals surface area contributed by atoms with Gasteiger partial charge in [0.15, 0.2) is 0 Å². The minimum absolute atomic E-state index is 0.0840. The Morgan fingerprint density at radius 1 is 1.64 bits per heavy atom. The maximum atomic E-state index is 11.2. The number of hydrogen-bond donors (Lipinski definition) is 2. The Labute approximate surface area is 85.8 Å². The van der Waals surface area contributed by atoms with E-state index in [4.69, 9.17) is 5.73 Å². The van der Waals surface area contributed by atoms with Crippen molar-refractivity contribution in [2.24, 2.45) is 11.7 Å². The Bertz CT molecular complexity index is 184. The minimum Gasteiger partial charge on any atom is -0.356 e. The van der Waals surface area contributed by atoms with Crippen molar-refractivity contribution < 1.29 is 4.79 Å². The molecule has 0 spiro atoms. The molecule has 4 heteroatoms. The number of carbonyl (C=O) groups excluding carboxylic acids is 1. The molecule has 0 aromatic carbocycles. The first-order chi connectivity index (χ1) is 6.72. The fraction of sp³-hybridized carbons (Fsp3) is 0.900. The molecule has 0 saturated carbocycles. The summed E-state index contributed by atoms with van der Waals surface area (Å²) < 4.78 is 0. The highest BCUT2D eigenvalue weighted by Crippen LogP contribution is 2.13. The van der Waals surface area contributed by atoms with E-state index in [1.165, 1.54) is 19.4 Å². The normalized spacial score (nSPS) is 23.4. The van der Waals surface area contributed by atoms with Crippen molar-refractivity contribution in [1.82, 2.24) is 10.2 Å². The van der Waals surface area contributed by atoms with Crippen molar-refractivity contribution in [3.05, 3.63) is 0 Å². The summed E-state index contributed by atoms with van der Waals surface area (Å²) in [7, 11) is 2.13. The largest absolute Gasteiger partial charge is 0.356 e. The molecule has 1 amide bonds. The molecule has 1 unspecified atom stereocenters. The SMILES string of the molecule is CN1CCCC(CNC(=O)CCN)C1. The predicted molar refractivity (Wildman–Crippen MR) is 56.9 cm³/mol. The quantitative estimate of drug-likeness (QED) is 0.659. The van der Waals surface area contributed by atoms with Crippen LogP contribution in [-0.4, -0.2) is 44.0 Å². The van der Waals surface area contributed by atoms with Gasteiger partial charge < -0.3 is 16.0 Å². The second kappa shape index (κ2) is 5.98. The lowest BCUT2D eigenvalue weighted by molar-refractivity contribution is -0.121. The van der Waals surface area contributed by atoms with E-state index in [0.29, 0.717) is 18.9 Å². The predicted octanol–water partition coefficient (Wildman–Crippen LogP) is -0.207. The second-order valence-corrected chi connectivity index (χ2v) is 4.11. The van der Waals surface area contributed by atoms with Gasteiger partial charge in [-0.3, -0.25) is 4.79 Å². The summed E-state index contributed by atoms with van der Waals surface area (Å²) in [6.45, 7) is 3.54. The van der Waals surface area contributed by atoms with Crippen molar-refractivity contribution in [2.45, 2.75) is 19.3 Å². The highest BCUT2D eigenvalue weighted by atomic mass is 16.1. The van der Waals surface area contributed by atoms with Crippen LogP contribution in [0.25, 0.3) is 0 Å². The van der Waals surface area contributed by atoms with E-state index in [0.717, 1.165) is 13.1 Å². The Morgan fingerprint density at radius 2 is 2.43 bits per heavy atom. The van der Waals surface area contributed by atoms with E-state index in [1.54, 1.807) is 0 Å². The lowest BCUT2D eigenvalue weighted by Gasteiger charge is -2.29. The zero-order chi connectivity index (χ0) is 10.4. The summed E-state index contributed by atoms with van der Waals surface area (Å²) >= 11 is 0. The molecule has 0 radical (unpaired) electrons. The summed E-state index contributed by atoms with van der Waals surface area (Å²) in [4.78, 5) is 13.5. The van der Waals surface area contributed by atoms with E-state index in [2.05, 4.69) is 17.3 Å². The molecule has 1 rings (SSSR count). The van der Waals surface area contributed by atoms with Crippen LogP contribution in [0.1, 0.15) is 19.3 Å². The molecule has 4 nitrogen and oxygen atoms in total. The zero-order valence-electron chi connectivity index (χ0n) is 8.96. The lowest BCUT2D eigenvalue weighted by Crippen LogP contribution is -2.39. The highest BCUT2D eigenvalue weighted by molar-refractivity contribution is 5.75. The first kappa shape index (κ1) is 11.5. The van der Waals surface area contributed by atoms with Crippen LogP contribution in [0.4, 0.5) is 0 Å². The van der Waals surface area contributed by atoms with Crippen LogP contribution in [0.5, 0.6) is 0 Å². The minimum atomic E-state index is 0.0840. The van der Waals surface area contributed by atoms with Gasteiger partial charge in [-0.25, -0.2) is 0 Å². The molecule has 0 bridgehead atoms. The van der Waals surface area contributed by atoms with Gasteiger partial charge >= 0.3 is 0 Å². The molecule has 0 aromatic rings. The molecule has 1 aliphatic heterocycles. The monoisotopic (exact) mass is 199 g/mol. The average molecular weight is 199 g/mol. The van der Waals surface area contributed by atoms with Gasteiger partial charge in [-0.1, -0.05) is 0 Å². The highest BCUT2D eigenvalue weighted by Gasteiger charge is 2.17. The van der Waals surface area contributed by atoms with Crippen LogP contribution in [0.2, 0.25) is 0 Å². The van der Waals surface area contributed by atoms with Crippen molar-refractivity contribution in [2.75, 3.05) is 33.2 Å². The van der Waals surface area contributed by atoms with E-state index >= 15 is 0 Å². The molecule has 0 aliphatic carbocycles. The van der Waals surface area contributed by atoms with Gasteiger partial charge in [0.2, 0.25) is 5.91 Å². The summed E-state index contributed by atoms with van der Waals surface area (Å²) in [5.41, 5.74) is 5.29. The number of likely N-dealkylation sites (tertiary alicyclic amines) is 1. The molecular formula is C10H21N3O. The van der Waals surface area contributed by atoms with Crippen LogP contribution >= 0.6 is 0 Å². The Balaban J connectivity index is 2.14. The molecule has 1 atom stereocenters. The van der Waals surface area contributed by atoms with Crippen LogP contribution in [0.15, 0.2) is 0 Å². The standard InChI is InChI=1S/C10H21N3O/c1-13-6-2-3-9(8-13)7-12-10(14)4-5-11/h9H,2-8,11H2,1H3,(H,12,14). The summed E-state index contributed by atoms with van der Waals surface area (Å²) in [6.07, 6.45) is 2.92. The third-order valence-corrected chi connectivity index (χ3v) is 2.68. The Kier molecular flexibility index (Phi) is 4.90. The van der Waals surface area contributed by atoms with Gasteiger partial charge in [-0.2, -0.15) is 0 Å². The number of nitrogens with one attached hydrogen (secondary N) is 1. The fourth-order valence-corrected chi connectivity index (χ4v) is 1.92. The number of rotatable bonds is 4. The maximum absolute atomic E-state index is 11.2. The average Bonchev–Trinajstić information content (AvgIpc) is 2.15. The maximum Gasteiger partial charge on any atom is 0.221 e. The van der Waals surface area contributed by atoms with E-state index in [9.17, 15) is 4.79 Å². The number of piperidine rings is 1. The van der Waals surface area contributed by atoms with E-state index in [-0.39, 0.29) is 5.91 Å². The molecular weight excluding hydrogens is 178 g/mol. The van der Waals surface area contributed by atoms with Crippen molar-refractivity contribution in [3.63, 3.8) is 0 Å². The first-order valence-corrected chi connectivity index (χ1v) is 5.37. The third kappa shape index (κ3) is 4.07. The number of nitrogens with zero attached hydrogens (tertiary/aromatic N) is 1. The molecule has 1 fully saturated rings. The molecule has 82 valence electrons. The summed E-state index contributed by atoms with van der Waals surface area (Å²) in [6, 6.07) is 0. The van der Waals surface area contributed by atoms with Gasteiger partial charge in [0, 0.05) is 26.1 Å². The van der Waals surface area contributed by atoms with Crippen molar-refractivity contribution in [3.8, 4) is 0 Å². The number of nitrogens with two attached hydrogens (primary N) is 1. The molecule has 1 aliphatic rings. The number of hydrogen-bond acceptors (Lipinski definition) is 3. The summed E-state index contributed by atoms with van der Waals surface area (Å²) in [5, 5.41) is 2.93. The first-order valence-electron chi connectivity index (χ1n) is 5.37. The molecule has 0 aromatic heterocycles. The van der Waals surface area contributed by atoms with E-state index < -0.39 is 0 Å². The summed E-state index contributed by atoms with van der Waals surface area (Å²) in [5.74, 6) is 0.705. The van der Waals surface area contributed by atoms with Crippen LogP contribution in [0, 0.1) is 5.92 Å². The van der Waals surface area contributed by atoms with Crippen molar-refractivity contribution >= 4 is 5.91 Å². The number of carbonyl (C=O) groups is 1. The van der Waals surface area contributed by atoms with Crippen molar-refractivity contribution in [1.29, 1.82) is 0 Å². The third-order valence-electron chi connectivity index (χ3n) is 2.68. The fourth-order valence-electron chi connectivity index (χ4n) is 1.92. The van der Waals surface area contributed by atoms with Crippen LogP contribution in [-0.2, 0) is 4.79 Å². The van der Waals surface area contributed by atoms with E-state index in [1.807, 2.05) is 0 Å². The molecule has 1 heterocycles. The van der Waals surface area contributed by atoms with Crippen LogP contribution < -0.4 is 11.1 Å². The topological polar surface area (TPSA) is 58.4 Å². The van der Waals surface area contributed by atoms with Gasteiger partial charge in [-0.15, -0.1) is 0 Å². The van der Waals surface area contributed by atoms with Gasteiger partial charge in [0.05, 0.1) is 0 Å². The zero-order valence-corrected chi connectivity index (χ0v) is 8.96. The van der Waals surface area contributed by atoms with Gasteiger partial charge in [0.25, 0.3) is 0 Å². The smallest absolute Gasteiger partial charge is 0.221 e. The van der Waals surface area contributed by atoms with Gasteiger partial charge in [0.1, 0.15) is 0 Å². The van der Waals surface area contributed by atoms with Gasteiger partial charge in [-0.05, 0) is 32.4 Å². The number of amides is 1. The Hall–Kier alpha value is -0.610. The molecule has 3 N–H and O–H groups in total. The Morgan fingerprint density at radius 3 is 3.07 bits per heavy atom. The lowest BCUT2D eigenvalue weighted by atomic mass is 9.98. The van der Waals surface area contributed by atoms with Crippen LogP contribution in [0.3, 0.4) is 0 Å². The second-order valence-electron chi connectivity index (χ2n) is 4.11. The molecule has 1 saturated heterocycles. The molecule has 14 heavy (non-hydrogen) atoms.